The van der Waals surface area contributed by atoms with Gasteiger partial charge in [-0.2, -0.15) is 0 Å². The minimum atomic E-state index is -0.142. The number of β-amino-alcohol motifs (C(OH)–C–C–N with tert-alkyl or cyclic N) is 1. The van der Waals surface area contributed by atoms with Crippen LogP contribution in [0.3, 0.4) is 0 Å². The van der Waals surface area contributed by atoms with Gasteiger partial charge in [0.2, 0.25) is 0 Å². The van der Waals surface area contributed by atoms with Crippen molar-refractivity contribution in [2.45, 2.75) is 32.4 Å². The smallest absolute Gasteiger partial charge is 0.0707 e. The van der Waals surface area contributed by atoms with Crippen molar-refractivity contribution in [2.24, 2.45) is 5.92 Å². The zero-order chi connectivity index (χ0) is 13.1. The summed E-state index contributed by atoms with van der Waals surface area (Å²) < 4.78 is 0. The molecule has 0 saturated carbocycles. The first-order valence-corrected chi connectivity index (χ1v) is 7.39. The van der Waals surface area contributed by atoms with Gasteiger partial charge in [-0.15, -0.1) is 0 Å². The third-order valence-electron chi connectivity index (χ3n) is 4.57. The lowest BCUT2D eigenvalue weighted by Gasteiger charge is -2.34. The summed E-state index contributed by atoms with van der Waals surface area (Å²) in [5.41, 5.74) is 0. The van der Waals surface area contributed by atoms with E-state index in [9.17, 15) is 5.11 Å². The van der Waals surface area contributed by atoms with E-state index in [4.69, 9.17) is 0 Å². The second-order valence-corrected chi connectivity index (χ2v) is 6.31. The highest BCUT2D eigenvalue weighted by Gasteiger charge is 2.30. The van der Waals surface area contributed by atoms with Gasteiger partial charge in [0.15, 0.2) is 0 Å². The molecular weight excluding hydrogens is 226 g/mol. The molecule has 2 aliphatic heterocycles. The Morgan fingerprint density at radius 2 is 1.78 bits per heavy atom. The van der Waals surface area contributed by atoms with Gasteiger partial charge in [0, 0.05) is 51.2 Å². The van der Waals surface area contributed by atoms with E-state index >= 15 is 0 Å². The second-order valence-electron chi connectivity index (χ2n) is 6.31. The fourth-order valence-electron chi connectivity index (χ4n) is 3.04. The number of likely N-dealkylation sites (N-methyl/N-ethyl adjacent to an activating group) is 1. The fourth-order valence-corrected chi connectivity index (χ4v) is 3.04. The fraction of sp³-hybridized carbons (Fsp3) is 1.00. The molecule has 2 unspecified atom stereocenters. The van der Waals surface area contributed by atoms with Crippen LogP contribution in [0.2, 0.25) is 0 Å². The SMILES string of the molecule is CC(C)N1CCC(C(O)CN2CCN(C)CC2)C1. The first-order chi connectivity index (χ1) is 8.56. The molecule has 2 heterocycles. The predicted octanol–water partition coefficient (Wildman–Crippen LogP) is 0.325. The third kappa shape index (κ3) is 3.67. The average molecular weight is 255 g/mol. The molecule has 4 nitrogen and oxygen atoms in total. The number of aliphatic hydroxyl groups is 1. The van der Waals surface area contributed by atoms with E-state index < -0.39 is 0 Å². The third-order valence-corrected chi connectivity index (χ3v) is 4.57. The highest BCUT2D eigenvalue weighted by molar-refractivity contribution is 4.84. The van der Waals surface area contributed by atoms with E-state index in [2.05, 4.69) is 35.6 Å². The zero-order valence-electron chi connectivity index (χ0n) is 12.2. The van der Waals surface area contributed by atoms with Crippen LogP contribution < -0.4 is 0 Å². The summed E-state index contributed by atoms with van der Waals surface area (Å²) in [4.78, 5) is 7.26. The summed E-state index contributed by atoms with van der Waals surface area (Å²) in [6, 6.07) is 0.617. The Balaban J connectivity index is 1.73. The monoisotopic (exact) mass is 255 g/mol. The molecule has 2 rings (SSSR count). The van der Waals surface area contributed by atoms with E-state index in [1.54, 1.807) is 0 Å². The largest absolute Gasteiger partial charge is 0.391 e. The Kier molecular flexibility index (Phi) is 5.01. The van der Waals surface area contributed by atoms with Crippen molar-refractivity contribution in [3.05, 3.63) is 0 Å². The lowest BCUT2D eigenvalue weighted by molar-refractivity contribution is 0.0463. The van der Waals surface area contributed by atoms with Crippen LogP contribution in [0.1, 0.15) is 20.3 Å². The van der Waals surface area contributed by atoms with Gasteiger partial charge < -0.3 is 14.9 Å². The van der Waals surface area contributed by atoms with Crippen molar-refractivity contribution in [3.8, 4) is 0 Å². The van der Waals surface area contributed by atoms with Gasteiger partial charge >= 0.3 is 0 Å². The summed E-state index contributed by atoms with van der Waals surface area (Å²) in [5, 5.41) is 10.4. The first kappa shape index (κ1) is 14.3. The van der Waals surface area contributed by atoms with Crippen molar-refractivity contribution in [3.63, 3.8) is 0 Å². The second kappa shape index (κ2) is 6.33. The molecular formula is C14H29N3O. The van der Waals surface area contributed by atoms with E-state index in [1.807, 2.05) is 0 Å². The van der Waals surface area contributed by atoms with Crippen LogP contribution in [-0.2, 0) is 0 Å². The summed E-state index contributed by atoms with van der Waals surface area (Å²) in [5.74, 6) is 0.479. The maximum atomic E-state index is 10.4. The Labute approximate surface area is 112 Å². The van der Waals surface area contributed by atoms with Gasteiger partial charge in [0.05, 0.1) is 6.10 Å². The minimum absolute atomic E-state index is 0.142. The van der Waals surface area contributed by atoms with Crippen LogP contribution in [0.25, 0.3) is 0 Å². The molecule has 4 heteroatoms. The average Bonchev–Trinajstić information content (AvgIpc) is 2.81. The minimum Gasteiger partial charge on any atom is -0.391 e. The van der Waals surface area contributed by atoms with E-state index in [0.29, 0.717) is 12.0 Å². The maximum Gasteiger partial charge on any atom is 0.0707 e. The lowest BCUT2D eigenvalue weighted by atomic mass is 10.0. The summed E-state index contributed by atoms with van der Waals surface area (Å²) in [6.45, 7) is 12.1. The van der Waals surface area contributed by atoms with Crippen molar-refractivity contribution < 1.29 is 5.11 Å². The Hall–Kier alpha value is -0.160. The number of hydrogen-bond donors (Lipinski definition) is 1. The maximum absolute atomic E-state index is 10.4. The van der Waals surface area contributed by atoms with E-state index in [1.165, 1.54) is 0 Å². The van der Waals surface area contributed by atoms with Crippen LogP contribution in [0.15, 0.2) is 0 Å². The number of likely N-dealkylation sites (tertiary alicyclic amines) is 1. The van der Waals surface area contributed by atoms with Gasteiger partial charge in [-0.3, -0.25) is 4.90 Å². The van der Waals surface area contributed by atoms with Gasteiger partial charge in [0.25, 0.3) is 0 Å². The van der Waals surface area contributed by atoms with E-state index in [0.717, 1.165) is 52.2 Å². The number of aliphatic hydroxyl groups excluding tert-OH is 1. The van der Waals surface area contributed by atoms with Crippen LogP contribution in [-0.4, -0.2) is 84.8 Å². The Bertz CT molecular complexity index is 251. The molecule has 2 aliphatic rings. The van der Waals surface area contributed by atoms with Crippen molar-refractivity contribution in [1.82, 2.24) is 14.7 Å². The Morgan fingerprint density at radius 1 is 1.11 bits per heavy atom. The molecule has 0 bridgehead atoms. The van der Waals surface area contributed by atoms with Crippen LogP contribution in [0.4, 0.5) is 0 Å². The summed E-state index contributed by atoms with van der Waals surface area (Å²) in [7, 11) is 2.17. The molecule has 2 fully saturated rings. The number of hydrogen-bond acceptors (Lipinski definition) is 4. The van der Waals surface area contributed by atoms with Crippen LogP contribution in [0, 0.1) is 5.92 Å². The molecule has 18 heavy (non-hydrogen) atoms. The van der Waals surface area contributed by atoms with Gasteiger partial charge in [0.1, 0.15) is 0 Å². The lowest BCUT2D eigenvalue weighted by Crippen LogP contribution is -2.48. The number of nitrogens with zero attached hydrogens (tertiary/aromatic N) is 3. The molecule has 0 spiro atoms. The van der Waals surface area contributed by atoms with Crippen LogP contribution in [0.5, 0.6) is 0 Å². The van der Waals surface area contributed by atoms with Crippen molar-refractivity contribution >= 4 is 0 Å². The molecule has 0 aromatic rings. The molecule has 2 atom stereocenters. The zero-order valence-corrected chi connectivity index (χ0v) is 12.2. The normalized spacial score (nSPS) is 30.2. The number of rotatable bonds is 4. The Morgan fingerprint density at radius 3 is 2.33 bits per heavy atom. The van der Waals surface area contributed by atoms with E-state index in [-0.39, 0.29) is 6.10 Å². The molecule has 1 N–H and O–H groups in total. The topological polar surface area (TPSA) is 30.0 Å². The molecule has 0 aromatic heterocycles. The van der Waals surface area contributed by atoms with Gasteiger partial charge in [-0.05, 0) is 33.9 Å². The standard InChI is InChI=1S/C14H29N3O/c1-12(2)17-5-4-13(10-17)14(18)11-16-8-6-15(3)7-9-16/h12-14,18H,4-11H2,1-3H3. The highest BCUT2D eigenvalue weighted by Crippen LogP contribution is 2.22. The van der Waals surface area contributed by atoms with Gasteiger partial charge in [-0.1, -0.05) is 0 Å². The summed E-state index contributed by atoms with van der Waals surface area (Å²) >= 11 is 0. The molecule has 2 saturated heterocycles. The quantitative estimate of drug-likeness (QED) is 0.784. The van der Waals surface area contributed by atoms with Crippen molar-refractivity contribution in [1.29, 1.82) is 0 Å². The number of piperazine rings is 1. The van der Waals surface area contributed by atoms with Gasteiger partial charge in [-0.25, -0.2) is 0 Å². The molecule has 0 aromatic carbocycles. The molecule has 0 radical (unpaired) electrons. The first-order valence-electron chi connectivity index (χ1n) is 7.39. The predicted molar refractivity (Wildman–Crippen MR) is 74.8 cm³/mol. The molecule has 0 amide bonds. The van der Waals surface area contributed by atoms with Crippen molar-refractivity contribution in [2.75, 3.05) is 52.9 Å². The molecule has 106 valence electrons. The molecule has 0 aliphatic carbocycles. The highest BCUT2D eigenvalue weighted by atomic mass is 16.3. The summed E-state index contributed by atoms with van der Waals surface area (Å²) in [6.07, 6.45) is 1.02. The van der Waals surface area contributed by atoms with Crippen LogP contribution >= 0.6 is 0 Å².